The van der Waals surface area contributed by atoms with Crippen molar-refractivity contribution in [2.24, 2.45) is 0 Å². The van der Waals surface area contributed by atoms with Gasteiger partial charge in [-0.3, -0.25) is 0 Å². The van der Waals surface area contributed by atoms with Gasteiger partial charge in [-0.15, -0.1) is 0 Å². The maximum absolute atomic E-state index is 8.74. The fourth-order valence-corrected chi connectivity index (χ4v) is 0.535. The highest BCUT2D eigenvalue weighted by molar-refractivity contribution is 4.79. The first-order valence-electron chi connectivity index (χ1n) is 3.21. The largest absolute Gasteiger partial charge is 0.361 e. The molecular weight excluding hydrogens is 136 g/mol. The molecule has 0 fully saturated rings. The number of aliphatic hydroxyl groups excluding tert-OH is 1. The first kappa shape index (κ1) is 9.84. The highest BCUT2D eigenvalue weighted by atomic mass is 16.6. The van der Waals surface area contributed by atoms with Gasteiger partial charge < -0.3 is 20.4 Å². The Balaban J connectivity index is 3.63. The van der Waals surface area contributed by atoms with Crippen LogP contribution in [0.2, 0.25) is 0 Å². The van der Waals surface area contributed by atoms with E-state index in [4.69, 9.17) is 20.4 Å². The van der Waals surface area contributed by atoms with Crippen LogP contribution in [-0.2, 0) is 0 Å². The van der Waals surface area contributed by atoms with Crippen LogP contribution in [0.15, 0.2) is 0 Å². The molecule has 0 unspecified atom stereocenters. The molecule has 0 heterocycles. The monoisotopic (exact) mass is 149 g/mol. The Hall–Kier alpha value is -0.160. The van der Waals surface area contributed by atoms with Gasteiger partial charge in [0.25, 0.3) is 6.29 Å². The third kappa shape index (κ3) is 3.12. The predicted molar refractivity (Wildman–Crippen MR) is 33.8 cm³/mol. The molecule has 0 rings (SSSR count). The SMILES string of the molecule is CCCCC(O)(O)[C](O)O. The van der Waals surface area contributed by atoms with E-state index < -0.39 is 12.1 Å². The van der Waals surface area contributed by atoms with Crippen LogP contribution < -0.4 is 0 Å². The quantitative estimate of drug-likeness (QED) is 0.427. The van der Waals surface area contributed by atoms with Crippen molar-refractivity contribution in [3.63, 3.8) is 0 Å². The van der Waals surface area contributed by atoms with Gasteiger partial charge >= 0.3 is 0 Å². The van der Waals surface area contributed by atoms with Gasteiger partial charge in [0, 0.05) is 6.42 Å². The topological polar surface area (TPSA) is 80.9 Å². The van der Waals surface area contributed by atoms with Gasteiger partial charge in [-0.25, -0.2) is 0 Å². The minimum absolute atomic E-state index is 0.0498. The zero-order valence-corrected chi connectivity index (χ0v) is 5.91. The molecule has 0 aromatic carbocycles. The fourth-order valence-electron chi connectivity index (χ4n) is 0.535. The highest BCUT2D eigenvalue weighted by Gasteiger charge is 2.32. The molecule has 0 atom stereocenters. The molecule has 0 spiro atoms. The molecule has 4 N–H and O–H groups in total. The number of unbranched alkanes of at least 4 members (excludes halogenated alkanes) is 1. The lowest BCUT2D eigenvalue weighted by molar-refractivity contribution is -0.231. The predicted octanol–water partition coefficient (Wildman–Crippen LogP) is 0.0920. The third-order valence-corrected chi connectivity index (χ3v) is 1.24. The van der Waals surface area contributed by atoms with E-state index in [-0.39, 0.29) is 6.42 Å². The van der Waals surface area contributed by atoms with Crippen molar-refractivity contribution in [2.75, 3.05) is 0 Å². The van der Waals surface area contributed by atoms with E-state index in [1.54, 1.807) is 0 Å². The van der Waals surface area contributed by atoms with Crippen LogP contribution in [0.25, 0.3) is 0 Å². The van der Waals surface area contributed by atoms with E-state index >= 15 is 0 Å². The summed E-state index contributed by atoms with van der Waals surface area (Å²) in [6.07, 6.45) is -0.0690. The maximum Gasteiger partial charge on any atom is 0.279 e. The first-order valence-corrected chi connectivity index (χ1v) is 3.21. The summed E-state index contributed by atoms with van der Waals surface area (Å²) in [5.41, 5.74) is 0. The molecule has 61 valence electrons. The molecule has 0 saturated carbocycles. The van der Waals surface area contributed by atoms with E-state index in [2.05, 4.69) is 0 Å². The maximum atomic E-state index is 8.74. The Kier molecular flexibility index (Phi) is 3.81. The van der Waals surface area contributed by atoms with Gasteiger partial charge in [0.1, 0.15) is 0 Å². The second-order valence-corrected chi connectivity index (χ2v) is 2.24. The van der Waals surface area contributed by atoms with Crippen molar-refractivity contribution in [3.05, 3.63) is 6.29 Å². The molecule has 4 nitrogen and oxygen atoms in total. The van der Waals surface area contributed by atoms with Gasteiger partial charge in [0.15, 0.2) is 0 Å². The van der Waals surface area contributed by atoms with Crippen molar-refractivity contribution >= 4 is 0 Å². The Morgan fingerprint density at radius 1 is 1.30 bits per heavy atom. The van der Waals surface area contributed by atoms with E-state index in [0.717, 1.165) is 6.42 Å². The number of aliphatic hydroxyl groups is 4. The van der Waals surface area contributed by atoms with Crippen LogP contribution in [-0.4, -0.2) is 26.2 Å². The normalized spacial score (nSPS) is 12.6. The molecule has 1 radical (unpaired) electrons. The van der Waals surface area contributed by atoms with E-state index in [0.29, 0.717) is 6.42 Å². The molecule has 0 aromatic rings. The van der Waals surface area contributed by atoms with Crippen LogP contribution >= 0.6 is 0 Å². The number of rotatable bonds is 4. The minimum atomic E-state index is -2.42. The Labute approximate surface area is 59.7 Å². The molecule has 0 aliphatic heterocycles. The Bertz CT molecular complexity index is 89.7. The van der Waals surface area contributed by atoms with E-state index in [9.17, 15) is 0 Å². The number of hydrogen-bond donors (Lipinski definition) is 4. The summed E-state index contributed by atoms with van der Waals surface area (Å²) in [7, 11) is 0. The summed E-state index contributed by atoms with van der Waals surface area (Å²) in [4.78, 5) is 0. The van der Waals surface area contributed by atoms with Crippen LogP contribution in [0.5, 0.6) is 0 Å². The molecule has 0 aromatic heterocycles. The van der Waals surface area contributed by atoms with E-state index in [1.165, 1.54) is 0 Å². The minimum Gasteiger partial charge on any atom is -0.361 e. The van der Waals surface area contributed by atoms with Crippen LogP contribution in [0.4, 0.5) is 0 Å². The number of hydrogen-bond acceptors (Lipinski definition) is 4. The van der Waals surface area contributed by atoms with Crippen molar-refractivity contribution in [2.45, 2.75) is 32.0 Å². The second-order valence-electron chi connectivity index (χ2n) is 2.24. The van der Waals surface area contributed by atoms with Crippen LogP contribution in [0.1, 0.15) is 26.2 Å². The smallest absolute Gasteiger partial charge is 0.279 e. The lowest BCUT2D eigenvalue weighted by Gasteiger charge is -2.21. The molecular formula is C6H13O4. The average Bonchev–Trinajstić information content (AvgIpc) is 1.84. The van der Waals surface area contributed by atoms with Crippen molar-refractivity contribution in [1.82, 2.24) is 0 Å². The van der Waals surface area contributed by atoms with Gasteiger partial charge in [-0.05, 0) is 6.42 Å². The van der Waals surface area contributed by atoms with Crippen molar-refractivity contribution < 1.29 is 20.4 Å². The third-order valence-electron chi connectivity index (χ3n) is 1.24. The Morgan fingerprint density at radius 2 is 1.80 bits per heavy atom. The molecule has 0 aliphatic carbocycles. The second kappa shape index (κ2) is 3.88. The summed E-state index contributed by atoms with van der Waals surface area (Å²) < 4.78 is 0. The first-order chi connectivity index (χ1) is 4.50. The zero-order chi connectivity index (χ0) is 8.20. The van der Waals surface area contributed by atoms with Crippen molar-refractivity contribution in [3.8, 4) is 0 Å². The summed E-state index contributed by atoms with van der Waals surface area (Å²) in [6, 6.07) is 0. The van der Waals surface area contributed by atoms with Crippen LogP contribution in [0.3, 0.4) is 0 Å². The van der Waals surface area contributed by atoms with Gasteiger partial charge in [-0.2, -0.15) is 0 Å². The van der Waals surface area contributed by atoms with E-state index in [1.807, 2.05) is 6.92 Å². The Morgan fingerprint density at radius 3 is 2.10 bits per heavy atom. The molecule has 0 bridgehead atoms. The molecule has 10 heavy (non-hydrogen) atoms. The molecule has 0 saturated heterocycles. The highest BCUT2D eigenvalue weighted by Crippen LogP contribution is 2.17. The lowest BCUT2D eigenvalue weighted by atomic mass is 10.1. The van der Waals surface area contributed by atoms with Gasteiger partial charge in [-0.1, -0.05) is 13.3 Å². The fraction of sp³-hybridized carbons (Fsp3) is 0.833. The summed E-state index contributed by atoms with van der Waals surface area (Å²) in [5.74, 6) is -2.42. The zero-order valence-electron chi connectivity index (χ0n) is 5.91. The molecule has 4 heteroatoms. The van der Waals surface area contributed by atoms with Gasteiger partial charge in [0.2, 0.25) is 5.79 Å². The molecule has 0 amide bonds. The summed E-state index contributed by atoms with van der Waals surface area (Å²) in [5, 5.41) is 34.0. The van der Waals surface area contributed by atoms with Crippen molar-refractivity contribution in [1.29, 1.82) is 0 Å². The van der Waals surface area contributed by atoms with Crippen LogP contribution in [0, 0.1) is 6.29 Å². The van der Waals surface area contributed by atoms with Gasteiger partial charge in [0.05, 0.1) is 0 Å². The average molecular weight is 149 g/mol. The summed E-state index contributed by atoms with van der Waals surface area (Å²) in [6.45, 7) is 1.87. The molecule has 0 aliphatic rings. The standard InChI is InChI=1S/C6H13O4/c1-2-3-4-6(9,10)5(7)8/h7-10H,2-4H2,1H3. The summed E-state index contributed by atoms with van der Waals surface area (Å²) >= 11 is 0. The lowest BCUT2D eigenvalue weighted by Crippen LogP contribution is -2.35.